The number of hydrogen-bond donors (Lipinski definition) is 3. The highest BCUT2D eigenvalue weighted by atomic mass is 32.1. The number of hydrogen-bond acceptors (Lipinski definition) is 7. The second-order valence-electron chi connectivity index (χ2n) is 17.0. The zero-order valence-corrected chi connectivity index (χ0v) is 35.2. The van der Waals surface area contributed by atoms with Gasteiger partial charge in [-0.3, -0.25) is 19.2 Å². The van der Waals surface area contributed by atoms with Crippen LogP contribution in [0.2, 0.25) is 0 Å². The van der Waals surface area contributed by atoms with Gasteiger partial charge in [0, 0.05) is 31.1 Å². The van der Waals surface area contributed by atoms with E-state index >= 15 is 0 Å². The maximum Gasteiger partial charge on any atom is 0.250 e. The number of likely N-dealkylation sites (tertiary alicyclic amines) is 2. The van der Waals surface area contributed by atoms with Gasteiger partial charge in [-0.05, 0) is 84.7 Å². The van der Waals surface area contributed by atoms with Gasteiger partial charge in [0.1, 0.15) is 22.9 Å². The van der Waals surface area contributed by atoms with Crippen LogP contribution in [0.15, 0.2) is 122 Å². The molecule has 12 heteroatoms. The molecular weight excluding hydrogens is 795 g/mol. The van der Waals surface area contributed by atoms with Gasteiger partial charge in [0.2, 0.25) is 23.6 Å². The van der Waals surface area contributed by atoms with Gasteiger partial charge < -0.3 is 25.4 Å². The SMILES string of the molecule is O=C(NC(C(=O)N1CCCC1c1ncc(-c2ccc(-c3ccc(-c4cnc(C5CCCN5C(=O)[C@H](NC(=O)C5CC5)c5ccccc5)s4)cc3)cc2)[nH]1)c1ccccc1)C1CC1. The molecule has 2 aliphatic carbocycles. The fourth-order valence-corrected chi connectivity index (χ4v) is 9.98. The van der Waals surface area contributed by atoms with Crippen molar-refractivity contribution in [1.82, 2.24) is 35.4 Å². The molecule has 0 bridgehead atoms. The largest absolute Gasteiger partial charge is 0.340 e. The van der Waals surface area contributed by atoms with Crippen LogP contribution in [0.25, 0.3) is 32.8 Å². The van der Waals surface area contributed by atoms with Gasteiger partial charge in [-0.1, -0.05) is 109 Å². The maximum atomic E-state index is 14.1. The average Bonchev–Trinajstić information content (AvgIpc) is 4.07. The van der Waals surface area contributed by atoms with E-state index < -0.39 is 12.1 Å². The van der Waals surface area contributed by atoms with Gasteiger partial charge in [-0.25, -0.2) is 9.97 Å². The van der Waals surface area contributed by atoms with Gasteiger partial charge in [-0.2, -0.15) is 0 Å². The lowest BCUT2D eigenvalue weighted by Crippen LogP contribution is -2.43. The van der Waals surface area contributed by atoms with Crippen molar-refractivity contribution in [3.63, 3.8) is 0 Å². The number of amides is 4. The Morgan fingerprint density at radius 2 is 1.05 bits per heavy atom. The standard InChI is InChI=1S/C50H49N7O4S/c58-46(37-23-24-37)54-43(35-9-3-1-4-10-35)49(60)56-27-7-13-40(56)45-51-29-39(53-45)33-19-15-31(16-20-33)32-17-21-34(22-18-32)42-30-52-48(62-42)41-14-8-28-57(41)50(61)44(36-11-5-2-6-12-36)55-47(59)38-25-26-38/h1-6,9-12,15-22,29-30,37-38,40-41,43-44H,7-8,13-14,23-28H2,(H,51,53)(H,54,58)(H,55,59)/t40?,41?,43?,44-/m1/s1. The number of carbonyl (C=O) groups is 4. The van der Waals surface area contributed by atoms with Crippen LogP contribution in [0.1, 0.15) is 97.5 Å². The molecule has 4 aromatic carbocycles. The summed E-state index contributed by atoms with van der Waals surface area (Å²) in [4.78, 5) is 71.8. The van der Waals surface area contributed by atoms with E-state index in [1.54, 1.807) is 11.3 Å². The molecule has 4 amide bonds. The number of aromatic nitrogens is 3. The first-order valence-corrected chi connectivity index (χ1v) is 22.7. The van der Waals surface area contributed by atoms with E-state index in [1.807, 2.05) is 82.9 Å². The van der Waals surface area contributed by atoms with Crippen molar-refractivity contribution in [3.8, 4) is 32.8 Å². The second-order valence-corrected chi connectivity index (χ2v) is 18.1. The summed E-state index contributed by atoms with van der Waals surface area (Å²) >= 11 is 1.62. The Hall–Kier alpha value is -6.40. The molecule has 4 fully saturated rings. The summed E-state index contributed by atoms with van der Waals surface area (Å²) in [5.74, 6) is 0.482. The number of H-pyrrole nitrogens is 1. The molecule has 0 radical (unpaired) electrons. The number of imidazole rings is 1. The summed E-state index contributed by atoms with van der Waals surface area (Å²) in [6.45, 7) is 1.24. The molecule has 2 aliphatic heterocycles. The molecule has 4 aliphatic rings. The number of thiazole rings is 1. The molecular formula is C50H49N7O4S. The number of nitrogens with zero attached hydrogens (tertiary/aromatic N) is 4. The summed E-state index contributed by atoms with van der Waals surface area (Å²) < 4.78 is 0. The molecule has 3 unspecified atom stereocenters. The first-order chi connectivity index (χ1) is 30.4. The molecule has 0 spiro atoms. The van der Waals surface area contributed by atoms with Crippen LogP contribution in [0.3, 0.4) is 0 Å². The lowest BCUT2D eigenvalue weighted by atomic mass is 10.0. The fourth-order valence-electron chi connectivity index (χ4n) is 8.91. The first kappa shape index (κ1) is 39.7. The van der Waals surface area contributed by atoms with E-state index in [0.717, 1.165) is 106 Å². The Balaban J connectivity index is 0.797. The molecule has 3 N–H and O–H groups in total. The Kier molecular flexibility index (Phi) is 11.0. The van der Waals surface area contributed by atoms with Gasteiger partial charge in [0.15, 0.2) is 0 Å². The summed E-state index contributed by atoms with van der Waals surface area (Å²) in [5.41, 5.74) is 6.70. The lowest BCUT2D eigenvalue weighted by molar-refractivity contribution is -0.138. The zero-order valence-electron chi connectivity index (χ0n) is 34.4. The minimum atomic E-state index is -0.729. The van der Waals surface area contributed by atoms with Gasteiger partial charge in [0.05, 0.1) is 28.9 Å². The lowest BCUT2D eigenvalue weighted by Gasteiger charge is -2.28. The molecule has 2 saturated carbocycles. The zero-order chi connectivity index (χ0) is 42.2. The quantitative estimate of drug-likeness (QED) is 0.106. The predicted molar refractivity (Wildman–Crippen MR) is 238 cm³/mol. The van der Waals surface area contributed by atoms with Gasteiger partial charge in [-0.15, -0.1) is 11.3 Å². The molecule has 11 nitrogen and oxygen atoms in total. The third kappa shape index (κ3) is 8.31. The van der Waals surface area contributed by atoms with Crippen molar-refractivity contribution in [1.29, 1.82) is 0 Å². The van der Waals surface area contributed by atoms with Crippen LogP contribution in [0.5, 0.6) is 0 Å². The van der Waals surface area contributed by atoms with E-state index in [4.69, 9.17) is 9.97 Å². The van der Waals surface area contributed by atoms with Crippen LogP contribution in [-0.2, 0) is 19.2 Å². The third-order valence-electron chi connectivity index (χ3n) is 12.7. The third-order valence-corrected chi connectivity index (χ3v) is 13.9. The Labute approximate surface area is 365 Å². The van der Waals surface area contributed by atoms with Crippen molar-refractivity contribution in [3.05, 3.63) is 144 Å². The number of aromatic amines is 1. The smallest absolute Gasteiger partial charge is 0.250 e. The summed E-state index contributed by atoms with van der Waals surface area (Å²) in [6, 6.07) is 34.2. The van der Waals surface area contributed by atoms with E-state index in [9.17, 15) is 19.2 Å². The van der Waals surface area contributed by atoms with Crippen LogP contribution in [-0.4, -0.2) is 61.5 Å². The van der Waals surface area contributed by atoms with E-state index in [-0.39, 0.29) is 47.5 Å². The molecule has 4 atom stereocenters. The average molecular weight is 844 g/mol. The molecule has 4 heterocycles. The summed E-state index contributed by atoms with van der Waals surface area (Å²) in [5, 5.41) is 7.03. The maximum absolute atomic E-state index is 14.1. The molecule has 62 heavy (non-hydrogen) atoms. The number of benzene rings is 4. The monoisotopic (exact) mass is 843 g/mol. The van der Waals surface area contributed by atoms with E-state index in [2.05, 4.69) is 64.1 Å². The highest BCUT2D eigenvalue weighted by Crippen LogP contribution is 2.40. The topological polar surface area (TPSA) is 140 Å². The normalized spacial score (nSPS) is 19.5. The van der Waals surface area contributed by atoms with Crippen molar-refractivity contribution < 1.29 is 19.2 Å². The molecule has 10 rings (SSSR count). The molecule has 314 valence electrons. The highest BCUT2D eigenvalue weighted by Gasteiger charge is 2.41. The minimum Gasteiger partial charge on any atom is -0.340 e. The van der Waals surface area contributed by atoms with Crippen molar-refractivity contribution in [2.45, 2.75) is 75.5 Å². The van der Waals surface area contributed by atoms with Gasteiger partial charge in [0.25, 0.3) is 0 Å². The van der Waals surface area contributed by atoms with Crippen molar-refractivity contribution in [2.24, 2.45) is 11.8 Å². The van der Waals surface area contributed by atoms with Crippen LogP contribution >= 0.6 is 11.3 Å². The molecule has 2 aromatic heterocycles. The Morgan fingerprint density at radius 3 is 1.58 bits per heavy atom. The highest BCUT2D eigenvalue weighted by molar-refractivity contribution is 7.15. The summed E-state index contributed by atoms with van der Waals surface area (Å²) in [7, 11) is 0. The number of rotatable bonds is 13. The van der Waals surface area contributed by atoms with Crippen molar-refractivity contribution in [2.75, 3.05) is 13.1 Å². The van der Waals surface area contributed by atoms with Crippen LogP contribution in [0.4, 0.5) is 0 Å². The van der Waals surface area contributed by atoms with Crippen molar-refractivity contribution >= 4 is 35.0 Å². The van der Waals surface area contributed by atoms with E-state index in [1.165, 1.54) is 0 Å². The van der Waals surface area contributed by atoms with Crippen LogP contribution in [0, 0.1) is 11.8 Å². The number of carbonyl (C=O) groups excluding carboxylic acids is 4. The van der Waals surface area contributed by atoms with Gasteiger partial charge >= 0.3 is 0 Å². The van der Waals surface area contributed by atoms with E-state index in [0.29, 0.717) is 13.1 Å². The number of nitrogens with one attached hydrogen (secondary N) is 3. The summed E-state index contributed by atoms with van der Waals surface area (Å²) in [6.07, 6.45) is 10.6. The minimum absolute atomic E-state index is 0.00262. The Bertz CT molecular complexity index is 2390. The Morgan fingerprint density at radius 1 is 0.565 bits per heavy atom. The molecule has 2 saturated heterocycles. The second kappa shape index (κ2) is 17.2. The fraction of sp³-hybridized carbons (Fsp3) is 0.320. The molecule has 6 aromatic rings. The first-order valence-electron chi connectivity index (χ1n) is 21.9. The van der Waals surface area contributed by atoms with Crippen LogP contribution < -0.4 is 10.6 Å². The predicted octanol–water partition coefficient (Wildman–Crippen LogP) is 8.73.